The lowest BCUT2D eigenvalue weighted by Crippen LogP contribution is -2.23. The number of imidazole rings is 1. The highest BCUT2D eigenvalue weighted by Gasteiger charge is 2.42. The van der Waals surface area contributed by atoms with E-state index in [9.17, 15) is 0 Å². The van der Waals surface area contributed by atoms with Crippen LogP contribution in [0.25, 0.3) is 11.2 Å². The molecule has 2 aromatic heterocycles. The van der Waals surface area contributed by atoms with Crippen LogP contribution in [0.3, 0.4) is 0 Å². The Morgan fingerprint density at radius 2 is 2.25 bits per heavy atom. The first-order valence-electron chi connectivity index (χ1n) is 7.82. The van der Waals surface area contributed by atoms with Crippen molar-refractivity contribution in [2.45, 2.75) is 45.2 Å². The molecule has 0 radical (unpaired) electrons. The maximum atomic E-state index is 4.91. The third kappa shape index (κ3) is 1.71. The van der Waals surface area contributed by atoms with Gasteiger partial charge in [-0.25, -0.2) is 9.97 Å². The van der Waals surface area contributed by atoms with E-state index in [0.717, 1.165) is 29.5 Å². The van der Waals surface area contributed by atoms with E-state index >= 15 is 0 Å². The van der Waals surface area contributed by atoms with Crippen LogP contribution in [0, 0.1) is 11.8 Å². The largest absolute Gasteiger partial charge is 0.309 e. The molecular formula is C16H22N4. The van der Waals surface area contributed by atoms with Crippen LogP contribution < -0.4 is 5.32 Å². The Hall–Kier alpha value is -1.42. The predicted octanol–water partition coefficient (Wildman–Crippen LogP) is 3.07. The van der Waals surface area contributed by atoms with E-state index in [-0.39, 0.29) is 0 Å². The highest BCUT2D eigenvalue weighted by molar-refractivity contribution is 5.71. The van der Waals surface area contributed by atoms with Gasteiger partial charge in [-0.3, -0.25) is 0 Å². The fourth-order valence-electron chi connectivity index (χ4n) is 4.15. The van der Waals surface area contributed by atoms with E-state index < -0.39 is 0 Å². The molecule has 3 unspecified atom stereocenters. The fraction of sp³-hybridized carbons (Fsp3) is 0.625. The van der Waals surface area contributed by atoms with Crippen molar-refractivity contribution in [2.24, 2.45) is 11.8 Å². The van der Waals surface area contributed by atoms with Crippen LogP contribution in [0.2, 0.25) is 0 Å². The highest BCUT2D eigenvalue weighted by Crippen LogP contribution is 2.44. The maximum absolute atomic E-state index is 4.91. The standard InChI is InChI=1S/C16H22N4/c1-10(2)20-15-13(7-4-8-17-15)19-16(20)14-12-6-3-5-11(12)9-18-14/h4,7-8,10-12,14,18H,3,5-6,9H2,1-2H3. The van der Waals surface area contributed by atoms with Gasteiger partial charge in [-0.05, 0) is 57.2 Å². The zero-order valence-electron chi connectivity index (χ0n) is 12.2. The molecule has 1 N–H and O–H groups in total. The Kier molecular flexibility index (Phi) is 2.81. The third-order valence-corrected chi connectivity index (χ3v) is 5.02. The van der Waals surface area contributed by atoms with Crippen LogP contribution in [-0.4, -0.2) is 21.1 Å². The average Bonchev–Trinajstić information content (AvgIpc) is 3.10. The molecule has 106 valence electrons. The normalized spacial score (nSPS) is 29.4. The number of hydrogen-bond donors (Lipinski definition) is 1. The molecule has 0 spiro atoms. The molecule has 2 aromatic rings. The molecule has 0 aromatic carbocycles. The number of hydrogen-bond acceptors (Lipinski definition) is 3. The summed E-state index contributed by atoms with van der Waals surface area (Å²) in [7, 11) is 0. The van der Waals surface area contributed by atoms with Gasteiger partial charge in [0.05, 0.1) is 6.04 Å². The van der Waals surface area contributed by atoms with Gasteiger partial charge in [0, 0.05) is 12.2 Å². The van der Waals surface area contributed by atoms with Crippen molar-refractivity contribution >= 4 is 11.2 Å². The molecule has 2 aliphatic rings. The van der Waals surface area contributed by atoms with Gasteiger partial charge in [-0.15, -0.1) is 0 Å². The molecule has 1 saturated heterocycles. The van der Waals surface area contributed by atoms with Crippen LogP contribution >= 0.6 is 0 Å². The first-order chi connectivity index (χ1) is 9.75. The van der Waals surface area contributed by atoms with E-state index in [4.69, 9.17) is 4.98 Å². The molecule has 0 bridgehead atoms. The summed E-state index contributed by atoms with van der Waals surface area (Å²) in [5, 5.41) is 3.72. The van der Waals surface area contributed by atoms with Crippen LogP contribution in [0.4, 0.5) is 0 Å². The number of nitrogens with one attached hydrogen (secondary N) is 1. The molecular weight excluding hydrogens is 248 g/mol. The lowest BCUT2D eigenvalue weighted by atomic mass is 9.93. The molecule has 1 saturated carbocycles. The Balaban J connectivity index is 1.84. The second kappa shape index (κ2) is 4.55. The minimum absolute atomic E-state index is 0.396. The molecule has 20 heavy (non-hydrogen) atoms. The molecule has 4 nitrogen and oxygen atoms in total. The van der Waals surface area contributed by atoms with Crippen LogP contribution in [-0.2, 0) is 0 Å². The summed E-state index contributed by atoms with van der Waals surface area (Å²) < 4.78 is 2.33. The number of fused-ring (bicyclic) bond motifs is 2. The number of aromatic nitrogens is 3. The Labute approximate surface area is 119 Å². The number of rotatable bonds is 2. The maximum Gasteiger partial charge on any atom is 0.160 e. The van der Waals surface area contributed by atoms with E-state index in [1.54, 1.807) is 0 Å². The number of pyridine rings is 1. The lowest BCUT2D eigenvalue weighted by Gasteiger charge is -2.21. The minimum Gasteiger partial charge on any atom is -0.309 e. The van der Waals surface area contributed by atoms with Crippen LogP contribution in [0.15, 0.2) is 18.3 Å². The van der Waals surface area contributed by atoms with Crippen molar-refractivity contribution in [1.82, 2.24) is 19.9 Å². The van der Waals surface area contributed by atoms with E-state index in [1.165, 1.54) is 25.1 Å². The Morgan fingerprint density at radius 1 is 1.35 bits per heavy atom. The van der Waals surface area contributed by atoms with Gasteiger partial charge >= 0.3 is 0 Å². The molecule has 2 fully saturated rings. The smallest absolute Gasteiger partial charge is 0.160 e. The first-order valence-corrected chi connectivity index (χ1v) is 7.82. The summed E-state index contributed by atoms with van der Waals surface area (Å²) in [4.78, 5) is 9.47. The predicted molar refractivity (Wildman–Crippen MR) is 79.5 cm³/mol. The van der Waals surface area contributed by atoms with Crippen LogP contribution in [0.5, 0.6) is 0 Å². The fourth-order valence-corrected chi connectivity index (χ4v) is 4.15. The van der Waals surface area contributed by atoms with Crippen molar-refractivity contribution in [2.75, 3.05) is 6.54 Å². The van der Waals surface area contributed by atoms with Gasteiger partial charge in [0.1, 0.15) is 11.3 Å². The van der Waals surface area contributed by atoms with Gasteiger partial charge in [0.2, 0.25) is 0 Å². The second-order valence-corrected chi connectivity index (χ2v) is 6.52. The van der Waals surface area contributed by atoms with Crippen molar-refractivity contribution in [1.29, 1.82) is 0 Å². The molecule has 4 heteroatoms. The first kappa shape index (κ1) is 12.3. The molecule has 4 rings (SSSR count). The Bertz CT molecular complexity index is 630. The van der Waals surface area contributed by atoms with Gasteiger partial charge < -0.3 is 9.88 Å². The van der Waals surface area contributed by atoms with Crippen molar-refractivity contribution in [3.8, 4) is 0 Å². The summed E-state index contributed by atoms with van der Waals surface area (Å²) in [5.41, 5.74) is 2.06. The number of nitrogens with zero attached hydrogens (tertiary/aromatic N) is 3. The summed E-state index contributed by atoms with van der Waals surface area (Å²) in [6.07, 6.45) is 5.98. The summed E-state index contributed by atoms with van der Waals surface area (Å²) >= 11 is 0. The molecule has 1 aliphatic heterocycles. The van der Waals surface area contributed by atoms with E-state index in [1.807, 2.05) is 12.3 Å². The monoisotopic (exact) mass is 270 g/mol. The molecule has 0 amide bonds. The second-order valence-electron chi connectivity index (χ2n) is 6.52. The van der Waals surface area contributed by atoms with Crippen molar-refractivity contribution in [3.63, 3.8) is 0 Å². The summed E-state index contributed by atoms with van der Waals surface area (Å²) in [6, 6.07) is 4.86. The highest BCUT2D eigenvalue weighted by atomic mass is 15.2. The Morgan fingerprint density at radius 3 is 3.10 bits per heavy atom. The zero-order chi connectivity index (χ0) is 13.7. The average molecular weight is 270 g/mol. The lowest BCUT2D eigenvalue weighted by molar-refractivity contribution is 0.390. The van der Waals surface area contributed by atoms with E-state index in [2.05, 4.69) is 34.8 Å². The van der Waals surface area contributed by atoms with Gasteiger partial charge in [0.15, 0.2) is 5.65 Å². The van der Waals surface area contributed by atoms with Gasteiger partial charge in [-0.1, -0.05) is 6.42 Å². The molecule has 1 aliphatic carbocycles. The summed E-state index contributed by atoms with van der Waals surface area (Å²) in [6.45, 7) is 5.60. The van der Waals surface area contributed by atoms with Gasteiger partial charge in [-0.2, -0.15) is 0 Å². The quantitative estimate of drug-likeness (QED) is 0.912. The molecule has 3 atom stereocenters. The SMILES string of the molecule is CC(C)n1c(C2NCC3CCCC32)nc2cccnc21. The van der Waals surface area contributed by atoms with Crippen molar-refractivity contribution in [3.05, 3.63) is 24.2 Å². The minimum atomic E-state index is 0.396. The van der Waals surface area contributed by atoms with E-state index in [0.29, 0.717) is 12.1 Å². The van der Waals surface area contributed by atoms with Crippen LogP contribution in [0.1, 0.15) is 51.0 Å². The van der Waals surface area contributed by atoms with Gasteiger partial charge in [0.25, 0.3) is 0 Å². The summed E-state index contributed by atoms with van der Waals surface area (Å²) in [5.74, 6) is 2.82. The third-order valence-electron chi connectivity index (χ3n) is 5.02. The van der Waals surface area contributed by atoms with Crippen molar-refractivity contribution < 1.29 is 0 Å². The topological polar surface area (TPSA) is 42.7 Å². The molecule has 3 heterocycles. The zero-order valence-corrected chi connectivity index (χ0v) is 12.2.